The first-order chi connectivity index (χ1) is 14.2. The second kappa shape index (κ2) is 10.6. The van der Waals surface area contributed by atoms with E-state index in [0.29, 0.717) is 0 Å². The van der Waals surface area contributed by atoms with Crippen LogP contribution in [0.4, 0.5) is 17.1 Å². The summed E-state index contributed by atoms with van der Waals surface area (Å²) in [7, 11) is 0.600. The molecular weight excluding hydrogens is 406 g/mol. The van der Waals surface area contributed by atoms with E-state index in [4.69, 9.17) is 0 Å². The maximum absolute atomic E-state index is 9.22. The van der Waals surface area contributed by atoms with E-state index in [-0.39, 0.29) is 6.17 Å². The Bertz CT molecular complexity index is 946. The number of hydrogen-bond donors (Lipinski definition) is 1. The molecule has 1 heterocycles. The summed E-state index contributed by atoms with van der Waals surface area (Å²) in [4.78, 5) is 2.32. The van der Waals surface area contributed by atoms with Crippen LogP contribution < -0.4 is 9.91 Å². The maximum atomic E-state index is 9.22. The molecule has 0 saturated carbocycles. The van der Waals surface area contributed by atoms with Gasteiger partial charge in [-0.1, -0.05) is 12.1 Å². The van der Waals surface area contributed by atoms with Gasteiger partial charge in [0.2, 0.25) is 10.4 Å². The summed E-state index contributed by atoms with van der Waals surface area (Å²) in [5.41, 5.74) is 4.61. The predicted molar refractivity (Wildman–Crippen MR) is 115 cm³/mol. The number of anilines is 1. The van der Waals surface area contributed by atoms with Gasteiger partial charge in [0, 0.05) is 31.9 Å². The van der Waals surface area contributed by atoms with Gasteiger partial charge in [0.05, 0.1) is 25.4 Å². The molecule has 0 saturated heterocycles. The summed E-state index contributed by atoms with van der Waals surface area (Å²) in [5.74, 6) is 0. The second-order valence-corrected chi connectivity index (χ2v) is 7.79. The third kappa shape index (κ3) is 6.07. The lowest BCUT2D eigenvalue weighted by Gasteiger charge is -2.20. The van der Waals surface area contributed by atoms with E-state index in [9.17, 15) is 13.0 Å². The molecule has 2 aromatic carbocycles. The van der Waals surface area contributed by atoms with E-state index in [1.54, 1.807) is 0 Å². The molecule has 0 amide bonds. The number of rotatable bonds is 6. The lowest BCUT2D eigenvalue weighted by molar-refractivity contribution is -0.934. The lowest BCUT2D eigenvalue weighted by Crippen LogP contribution is -3.08. The Morgan fingerprint density at radius 1 is 1.13 bits per heavy atom. The molecule has 2 atom stereocenters. The number of hydrogen-bond acceptors (Lipinski definition) is 8. The molecule has 0 radical (unpaired) electrons. The van der Waals surface area contributed by atoms with Crippen LogP contribution in [0, 0.1) is 0 Å². The topological polar surface area (TPSA) is 102 Å². The number of nitrogens with one attached hydrogen (secondary N) is 1. The molecule has 9 nitrogen and oxygen atoms in total. The Morgan fingerprint density at radius 3 is 2.23 bits per heavy atom. The van der Waals surface area contributed by atoms with Crippen LogP contribution in [0.5, 0.6) is 0 Å². The summed E-state index contributed by atoms with van der Waals surface area (Å²) < 4.78 is 31.0. The normalized spacial score (nSPS) is 18.7. The van der Waals surface area contributed by atoms with E-state index >= 15 is 0 Å². The molecule has 10 heteroatoms. The highest BCUT2D eigenvalue weighted by Crippen LogP contribution is 2.31. The van der Waals surface area contributed by atoms with Crippen molar-refractivity contribution < 1.29 is 22.2 Å². The van der Waals surface area contributed by atoms with E-state index in [0.717, 1.165) is 25.9 Å². The SMILES string of the molecule is CCN(CC)c1ccc(N=NC2c3ccccc3[NH+](C)N2C)cc1.COS(=O)(=O)[O-]. The van der Waals surface area contributed by atoms with Crippen LogP contribution in [0.1, 0.15) is 25.6 Å². The summed E-state index contributed by atoms with van der Waals surface area (Å²) in [6, 6.07) is 16.7. The Morgan fingerprint density at radius 2 is 1.70 bits per heavy atom. The highest BCUT2D eigenvalue weighted by atomic mass is 32.3. The van der Waals surface area contributed by atoms with Crippen LogP contribution in [-0.2, 0) is 14.6 Å². The van der Waals surface area contributed by atoms with Crippen molar-refractivity contribution in [2.75, 3.05) is 39.2 Å². The smallest absolute Gasteiger partial charge is 0.217 e. The fraction of sp³-hybridized carbons (Fsp3) is 0.400. The molecule has 1 aliphatic rings. The number of para-hydroxylation sites is 1. The van der Waals surface area contributed by atoms with Gasteiger partial charge in [-0.3, -0.25) is 4.18 Å². The minimum Gasteiger partial charge on any atom is -0.726 e. The van der Waals surface area contributed by atoms with E-state index in [2.05, 4.69) is 88.7 Å². The standard InChI is InChI=1S/C19H25N5.CH4O4S/c1-5-24(6-2)16-13-11-15(12-14-16)20-21-19-17-9-7-8-10-18(17)22(3)23(19)4;1-5-6(2,3)4/h7-14,19H,5-6H2,1-4H3;1H3,(H,2,3,4). The third-order valence-corrected chi connectivity index (χ3v) is 5.40. The van der Waals surface area contributed by atoms with Gasteiger partial charge in [-0.25, -0.2) is 13.4 Å². The number of quaternary nitrogens is 1. The van der Waals surface area contributed by atoms with Crippen molar-refractivity contribution in [3.63, 3.8) is 0 Å². The van der Waals surface area contributed by atoms with E-state index < -0.39 is 10.4 Å². The molecule has 3 rings (SSSR count). The van der Waals surface area contributed by atoms with Gasteiger partial charge in [-0.15, -0.1) is 5.01 Å². The fourth-order valence-corrected chi connectivity index (χ4v) is 3.21. The van der Waals surface area contributed by atoms with Crippen LogP contribution in [0.3, 0.4) is 0 Å². The molecule has 1 N–H and O–H groups in total. The third-order valence-electron chi connectivity index (χ3n) is 4.99. The van der Waals surface area contributed by atoms with Crippen LogP contribution in [-0.4, -0.2) is 52.3 Å². The molecule has 0 fully saturated rings. The van der Waals surface area contributed by atoms with Crippen molar-refractivity contribution >= 4 is 27.5 Å². The van der Waals surface area contributed by atoms with Gasteiger partial charge < -0.3 is 9.45 Å². The van der Waals surface area contributed by atoms with Crippen molar-refractivity contribution in [3.8, 4) is 0 Å². The van der Waals surface area contributed by atoms with E-state index in [1.807, 2.05) is 12.1 Å². The van der Waals surface area contributed by atoms with Crippen LogP contribution >= 0.6 is 0 Å². The van der Waals surface area contributed by atoms with Crippen molar-refractivity contribution in [2.45, 2.75) is 20.0 Å². The average molecular weight is 436 g/mol. The quantitative estimate of drug-likeness (QED) is 0.425. The first-order valence-corrected chi connectivity index (χ1v) is 11.0. The summed E-state index contributed by atoms with van der Waals surface area (Å²) in [6.07, 6.45) is -0.0383. The number of nitrogens with zero attached hydrogens (tertiary/aromatic N) is 4. The first kappa shape index (κ1) is 23.9. The highest BCUT2D eigenvalue weighted by Gasteiger charge is 2.36. The van der Waals surface area contributed by atoms with Crippen LogP contribution in [0.25, 0.3) is 0 Å². The van der Waals surface area contributed by atoms with Crippen molar-refractivity contribution in [3.05, 3.63) is 54.1 Å². The van der Waals surface area contributed by atoms with Gasteiger partial charge in [-0.2, -0.15) is 10.2 Å². The first-order valence-electron chi connectivity index (χ1n) is 9.64. The van der Waals surface area contributed by atoms with Crippen molar-refractivity contribution in [1.29, 1.82) is 0 Å². The monoisotopic (exact) mass is 435 g/mol. The van der Waals surface area contributed by atoms with Gasteiger partial charge >= 0.3 is 0 Å². The average Bonchev–Trinajstić information content (AvgIpc) is 2.98. The van der Waals surface area contributed by atoms with Gasteiger partial charge in [0.1, 0.15) is 0 Å². The zero-order chi connectivity index (χ0) is 22.3. The van der Waals surface area contributed by atoms with Crippen molar-refractivity contribution in [2.24, 2.45) is 10.2 Å². The summed E-state index contributed by atoms with van der Waals surface area (Å²) in [5, 5.41) is 12.5. The van der Waals surface area contributed by atoms with Gasteiger partial charge in [-0.05, 0) is 44.2 Å². The Labute approximate surface area is 178 Å². The zero-order valence-electron chi connectivity index (χ0n) is 17.9. The summed E-state index contributed by atoms with van der Waals surface area (Å²) >= 11 is 0. The van der Waals surface area contributed by atoms with Crippen LogP contribution in [0.2, 0.25) is 0 Å². The van der Waals surface area contributed by atoms with Gasteiger partial charge in [0.25, 0.3) is 0 Å². The molecular formula is C20H29N5O4S. The number of benzene rings is 2. The minimum absolute atomic E-state index is 0.0383. The zero-order valence-corrected chi connectivity index (χ0v) is 18.8. The molecule has 2 aromatic rings. The Balaban J connectivity index is 0.000000469. The Hall–Kier alpha value is -2.37. The lowest BCUT2D eigenvalue weighted by atomic mass is 10.1. The molecule has 1 aliphatic heterocycles. The molecule has 0 aliphatic carbocycles. The fourth-order valence-electron chi connectivity index (χ4n) is 3.21. The second-order valence-electron chi connectivity index (χ2n) is 6.64. The largest absolute Gasteiger partial charge is 0.726 e. The predicted octanol–water partition coefficient (Wildman–Crippen LogP) is 2.41. The van der Waals surface area contributed by atoms with Gasteiger partial charge in [0.15, 0.2) is 11.9 Å². The maximum Gasteiger partial charge on any atom is 0.217 e. The minimum atomic E-state index is -4.41. The number of azo groups is 1. The highest BCUT2D eigenvalue weighted by molar-refractivity contribution is 7.80. The van der Waals surface area contributed by atoms with Crippen molar-refractivity contribution in [1.82, 2.24) is 5.01 Å². The number of fused-ring (bicyclic) bond motifs is 1. The molecule has 30 heavy (non-hydrogen) atoms. The molecule has 0 bridgehead atoms. The molecule has 0 spiro atoms. The van der Waals surface area contributed by atoms with E-state index in [1.165, 1.54) is 21.9 Å². The molecule has 164 valence electrons. The molecule has 2 unspecified atom stereocenters. The summed E-state index contributed by atoms with van der Waals surface area (Å²) in [6.45, 7) is 6.36. The van der Waals surface area contributed by atoms with Crippen LogP contribution in [0.15, 0.2) is 58.8 Å². The molecule has 0 aromatic heterocycles. The Kier molecular flexibility index (Phi) is 8.44.